The highest BCUT2D eigenvalue weighted by molar-refractivity contribution is 9.10. The number of methoxy groups -OCH3 is 2. The second-order valence-corrected chi connectivity index (χ2v) is 4.50. The van der Waals surface area contributed by atoms with Crippen LogP contribution in [0.15, 0.2) is 16.6 Å². The lowest BCUT2D eigenvalue weighted by molar-refractivity contribution is -0.144. The molecule has 0 fully saturated rings. The first-order valence-electron chi connectivity index (χ1n) is 5.42. The maximum atomic E-state index is 10.9. The summed E-state index contributed by atoms with van der Waals surface area (Å²) in [4.78, 5) is 15.0. The third-order valence-corrected chi connectivity index (χ3v) is 3.13. The van der Waals surface area contributed by atoms with Gasteiger partial charge in [0.1, 0.15) is 11.5 Å². The topological polar surface area (TPSA) is 70.8 Å². The summed E-state index contributed by atoms with van der Waals surface area (Å²) in [5.41, 5.74) is 0.974. The van der Waals surface area contributed by atoms with E-state index in [2.05, 4.69) is 20.8 Å². The molecule has 6 heteroatoms. The predicted molar refractivity (Wildman–Crippen MR) is 70.5 cm³/mol. The summed E-state index contributed by atoms with van der Waals surface area (Å²) in [6.07, 6.45) is 1.59. The molecule has 0 aliphatic heterocycles. The molecule has 1 aromatic rings. The first-order valence-corrected chi connectivity index (χ1v) is 6.21. The summed E-state index contributed by atoms with van der Waals surface area (Å²) in [6, 6.07) is 3.73. The van der Waals surface area contributed by atoms with Crippen LogP contribution in [0.2, 0.25) is 0 Å². The molecule has 0 atom stereocenters. The van der Waals surface area contributed by atoms with Crippen LogP contribution in [0.25, 0.3) is 0 Å². The van der Waals surface area contributed by atoms with Crippen molar-refractivity contribution < 1.29 is 19.1 Å². The van der Waals surface area contributed by atoms with Crippen molar-refractivity contribution in [3.05, 3.63) is 22.2 Å². The fourth-order valence-corrected chi connectivity index (χ4v) is 2.09. The molecule has 0 saturated heterocycles. The molecule has 0 spiro atoms. The zero-order chi connectivity index (χ0) is 13.5. The van der Waals surface area contributed by atoms with Crippen molar-refractivity contribution >= 4 is 21.9 Å². The van der Waals surface area contributed by atoms with E-state index in [1.807, 2.05) is 12.1 Å². The lowest BCUT2D eigenvalue weighted by Crippen LogP contribution is -2.09. The number of hydrogen-bond donors (Lipinski definition) is 1. The van der Waals surface area contributed by atoms with Crippen LogP contribution in [0.4, 0.5) is 0 Å². The fraction of sp³-hybridized carbons (Fsp3) is 0.417. The number of benzene rings is 1. The first-order chi connectivity index (χ1) is 8.62. The lowest BCUT2D eigenvalue weighted by atomic mass is 10.1. The molecular weight excluding hydrogens is 302 g/mol. The number of halogens is 1. The van der Waals surface area contributed by atoms with Crippen LogP contribution in [0.5, 0.6) is 11.5 Å². The number of nitrogens with two attached hydrogens (primary N) is 1. The number of aryl methyl sites for hydroxylation is 1. The highest BCUT2D eigenvalue weighted by Crippen LogP contribution is 2.33. The van der Waals surface area contributed by atoms with E-state index in [4.69, 9.17) is 15.4 Å². The van der Waals surface area contributed by atoms with Gasteiger partial charge < -0.3 is 14.3 Å². The van der Waals surface area contributed by atoms with Gasteiger partial charge in [-0.25, -0.2) is 0 Å². The van der Waals surface area contributed by atoms with Crippen molar-refractivity contribution in [2.75, 3.05) is 14.2 Å². The van der Waals surface area contributed by atoms with Crippen LogP contribution in [-0.4, -0.2) is 20.2 Å². The van der Waals surface area contributed by atoms with Crippen LogP contribution >= 0.6 is 15.9 Å². The Morgan fingerprint density at radius 1 is 1.28 bits per heavy atom. The summed E-state index contributed by atoms with van der Waals surface area (Å²) in [7, 11) is 3.20. The smallest absolute Gasteiger partial charge is 0.324 e. The third-order valence-electron chi connectivity index (χ3n) is 2.51. The van der Waals surface area contributed by atoms with Crippen molar-refractivity contribution in [2.45, 2.75) is 19.3 Å². The maximum absolute atomic E-state index is 10.9. The highest BCUT2D eigenvalue weighted by atomic mass is 79.9. The van der Waals surface area contributed by atoms with Crippen LogP contribution in [-0.2, 0) is 16.1 Å². The third kappa shape index (κ3) is 3.89. The molecule has 1 rings (SSSR count). The highest BCUT2D eigenvalue weighted by Gasteiger charge is 2.10. The van der Waals surface area contributed by atoms with Crippen molar-refractivity contribution in [1.29, 1.82) is 0 Å². The standard InChI is InChI=1S/C12H16BrNO4/c1-16-10-7-9(13)11(17-2)6-8(10)4-3-5-12(15)18-14/h6-7H,3-5,14H2,1-2H3. The van der Waals surface area contributed by atoms with Gasteiger partial charge >= 0.3 is 5.97 Å². The average Bonchev–Trinajstić information content (AvgIpc) is 2.39. The van der Waals surface area contributed by atoms with E-state index in [0.29, 0.717) is 12.8 Å². The molecule has 100 valence electrons. The average molecular weight is 318 g/mol. The van der Waals surface area contributed by atoms with E-state index < -0.39 is 5.97 Å². The monoisotopic (exact) mass is 317 g/mol. The van der Waals surface area contributed by atoms with E-state index in [0.717, 1.165) is 21.5 Å². The van der Waals surface area contributed by atoms with Gasteiger partial charge in [-0.05, 0) is 46.5 Å². The normalized spacial score (nSPS) is 10.0. The Morgan fingerprint density at radius 3 is 2.50 bits per heavy atom. The summed E-state index contributed by atoms with van der Waals surface area (Å²) in [5, 5.41) is 0. The molecule has 0 unspecified atom stereocenters. The van der Waals surface area contributed by atoms with E-state index in [-0.39, 0.29) is 6.42 Å². The molecule has 1 aromatic carbocycles. The number of carbonyl (C=O) groups excluding carboxylic acids is 1. The molecule has 0 aliphatic rings. The van der Waals surface area contributed by atoms with Crippen molar-refractivity contribution in [1.82, 2.24) is 0 Å². The molecule has 0 bridgehead atoms. The number of hydrogen-bond acceptors (Lipinski definition) is 5. The minimum atomic E-state index is -0.418. The Morgan fingerprint density at radius 2 is 1.94 bits per heavy atom. The van der Waals surface area contributed by atoms with Gasteiger partial charge in [0.05, 0.1) is 18.7 Å². The van der Waals surface area contributed by atoms with Gasteiger partial charge in [-0.2, -0.15) is 5.90 Å². The second kappa shape index (κ2) is 7.23. The van der Waals surface area contributed by atoms with E-state index in [9.17, 15) is 4.79 Å². The molecule has 0 aliphatic carbocycles. The predicted octanol–water partition coefficient (Wildman–Crippen LogP) is 2.21. The maximum Gasteiger partial charge on any atom is 0.324 e. The molecule has 18 heavy (non-hydrogen) atoms. The second-order valence-electron chi connectivity index (χ2n) is 3.64. The van der Waals surface area contributed by atoms with E-state index in [1.54, 1.807) is 14.2 Å². The van der Waals surface area contributed by atoms with Crippen LogP contribution in [0, 0.1) is 0 Å². The lowest BCUT2D eigenvalue weighted by Gasteiger charge is -2.12. The Labute approximate surface area is 114 Å². The SMILES string of the molecule is COc1cc(CCCC(=O)ON)c(OC)cc1Br. The summed E-state index contributed by atoms with van der Waals surface area (Å²) >= 11 is 3.39. The fourth-order valence-electron chi connectivity index (χ4n) is 1.60. The molecule has 0 radical (unpaired) electrons. The van der Waals surface area contributed by atoms with Gasteiger partial charge in [0.15, 0.2) is 0 Å². The van der Waals surface area contributed by atoms with Crippen molar-refractivity contribution in [3.8, 4) is 11.5 Å². The molecule has 0 aromatic heterocycles. The zero-order valence-electron chi connectivity index (χ0n) is 10.4. The molecular formula is C12H16BrNO4. The van der Waals surface area contributed by atoms with Crippen LogP contribution < -0.4 is 15.4 Å². The molecule has 0 saturated carbocycles. The van der Waals surface area contributed by atoms with Gasteiger partial charge in [0, 0.05) is 6.42 Å². The molecule has 5 nitrogen and oxygen atoms in total. The van der Waals surface area contributed by atoms with Gasteiger partial charge in [-0.15, -0.1) is 0 Å². The summed E-state index contributed by atoms with van der Waals surface area (Å²) in [6.45, 7) is 0. The van der Waals surface area contributed by atoms with Crippen LogP contribution in [0.1, 0.15) is 18.4 Å². The van der Waals surface area contributed by atoms with Crippen LogP contribution in [0.3, 0.4) is 0 Å². The van der Waals surface area contributed by atoms with Crippen molar-refractivity contribution in [2.24, 2.45) is 5.90 Å². The van der Waals surface area contributed by atoms with E-state index in [1.165, 1.54) is 0 Å². The quantitative estimate of drug-likeness (QED) is 0.814. The summed E-state index contributed by atoms with van der Waals surface area (Å²) in [5.74, 6) is 5.84. The Bertz CT molecular complexity index is 423. The zero-order valence-corrected chi connectivity index (χ0v) is 12.0. The molecule has 2 N–H and O–H groups in total. The van der Waals surface area contributed by atoms with Gasteiger partial charge in [-0.3, -0.25) is 4.79 Å². The van der Waals surface area contributed by atoms with E-state index >= 15 is 0 Å². The Balaban J connectivity index is 2.76. The molecule has 0 heterocycles. The number of carbonyl (C=O) groups is 1. The Kier molecular flexibility index (Phi) is 5.94. The summed E-state index contributed by atoms with van der Waals surface area (Å²) < 4.78 is 11.3. The van der Waals surface area contributed by atoms with Gasteiger partial charge in [0.25, 0.3) is 0 Å². The van der Waals surface area contributed by atoms with Gasteiger partial charge in [0.2, 0.25) is 0 Å². The number of ether oxygens (including phenoxy) is 2. The molecule has 0 amide bonds. The van der Waals surface area contributed by atoms with Crippen molar-refractivity contribution in [3.63, 3.8) is 0 Å². The Hall–Kier alpha value is -1.27. The minimum Gasteiger partial charge on any atom is -0.496 e. The first kappa shape index (κ1) is 14.8. The largest absolute Gasteiger partial charge is 0.496 e. The number of rotatable bonds is 6. The minimum absolute atomic E-state index is 0.276. The van der Waals surface area contributed by atoms with Gasteiger partial charge in [-0.1, -0.05) is 0 Å².